The summed E-state index contributed by atoms with van der Waals surface area (Å²) in [6.07, 6.45) is 3.20. The molecule has 0 amide bonds. The molecule has 0 spiro atoms. The quantitative estimate of drug-likeness (QED) is 0.812. The van der Waals surface area contributed by atoms with E-state index < -0.39 is 0 Å². The van der Waals surface area contributed by atoms with Crippen molar-refractivity contribution in [2.45, 2.75) is 6.92 Å². The predicted octanol–water partition coefficient (Wildman–Crippen LogP) is 3.69. The van der Waals surface area contributed by atoms with E-state index in [2.05, 4.69) is 20.9 Å². The van der Waals surface area contributed by atoms with E-state index >= 15 is 0 Å². The van der Waals surface area contributed by atoms with Crippen LogP contribution in [-0.2, 0) is 4.74 Å². The van der Waals surface area contributed by atoms with Crippen molar-refractivity contribution in [1.82, 2.24) is 4.98 Å². The van der Waals surface area contributed by atoms with Gasteiger partial charge in [-0.15, -0.1) is 0 Å². The average molecular weight is 306 g/mol. The summed E-state index contributed by atoms with van der Waals surface area (Å²) in [4.78, 5) is 15.8. The summed E-state index contributed by atoms with van der Waals surface area (Å²) in [6, 6.07) is 9.58. The van der Waals surface area contributed by atoms with E-state index in [0.29, 0.717) is 12.2 Å². The summed E-state index contributed by atoms with van der Waals surface area (Å²) in [7, 11) is 0. The van der Waals surface area contributed by atoms with Gasteiger partial charge in [0.2, 0.25) is 0 Å². The molecule has 0 aliphatic carbocycles. The Morgan fingerprint density at radius 3 is 2.67 bits per heavy atom. The van der Waals surface area contributed by atoms with Crippen LogP contribution in [0.2, 0.25) is 0 Å². The van der Waals surface area contributed by atoms with E-state index in [-0.39, 0.29) is 5.97 Å². The Kier molecular flexibility index (Phi) is 4.10. The second-order valence-corrected chi connectivity index (χ2v) is 4.56. The lowest BCUT2D eigenvalue weighted by Crippen LogP contribution is -2.06. The highest BCUT2D eigenvalue weighted by molar-refractivity contribution is 9.10. The predicted molar refractivity (Wildman–Crippen MR) is 73.3 cm³/mol. The minimum absolute atomic E-state index is 0.344. The second kappa shape index (κ2) is 5.78. The number of hydrogen-bond acceptors (Lipinski definition) is 3. The lowest BCUT2D eigenvalue weighted by atomic mass is 10.0. The number of aromatic nitrogens is 1. The minimum atomic E-state index is -0.344. The van der Waals surface area contributed by atoms with E-state index in [1.807, 2.05) is 30.3 Å². The maximum atomic E-state index is 11.8. The number of carbonyl (C=O) groups excluding carboxylic acids is 1. The van der Waals surface area contributed by atoms with Gasteiger partial charge in [-0.3, -0.25) is 4.98 Å². The van der Waals surface area contributed by atoms with E-state index in [9.17, 15) is 4.79 Å². The SMILES string of the molecule is CCOC(=O)c1cnccc1-c1ccc(Br)cc1. The van der Waals surface area contributed by atoms with Gasteiger partial charge in [0.1, 0.15) is 0 Å². The molecular weight excluding hydrogens is 294 g/mol. The lowest BCUT2D eigenvalue weighted by Gasteiger charge is -2.08. The Hall–Kier alpha value is -1.68. The number of halogens is 1. The third kappa shape index (κ3) is 2.76. The Bertz CT molecular complexity index is 552. The zero-order chi connectivity index (χ0) is 13.0. The van der Waals surface area contributed by atoms with E-state index in [1.54, 1.807) is 13.1 Å². The first-order valence-electron chi connectivity index (χ1n) is 5.59. The maximum absolute atomic E-state index is 11.8. The molecule has 0 atom stereocenters. The summed E-state index contributed by atoms with van der Waals surface area (Å²) in [5, 5.41) is 0. The van der Waals surface area contributed by atoms with Crippen LogP contribution in [-0.4, -0.2) is 17.6 Å². The average Bonchev–Trinajstić information content (AvgIpc) is 2.40. The smallest absolute Gasteiger partial charge is 0.340 e. The van der Waals surface area contributed by atoms with Crippen LogP contribution in [0, 0.1) is 0 Å². The monoisotopic (exact) mass is 305 g/mol. The first-order chi connectivity index (χ1) is 8.72. The normalized spacial score (nSPS) is 10.1. The molecule has 1 aromatic heterocycles. The largest absolute Gasteiger partial charge is 0.462 e. The van der Waals surface area contributed by atoms with Gasteiger partial charge in [0, 0.05) is 16.9 Å². The number of nitrogens with zero attached hydrogens (tertiary/aromatic N) is 1. The summed E-state index contributed by atoms with van der Waals surface area (Å²) in [5.74, 6) is -0.344. The van der Waals surface area contributed by atoms with Crippen molar-refractivity contribution in [1.29, 1.82) is 0 Å². The molecule has 2 rings (SSSR count). The van der Waals surface area contributed by atoms with Gasteiger partial charge in [0.05, 0.1) is 12.2 Å². The summed E-state index contributed by atoms with van der Waals surface area (Å²) in [5.41, 5.74) is 2.28. The van der Waals surface area contributed by atoms with Crippen LogP contribution in [0.1, 0.15) is 17.3 Å². The highest BCUT2D eigenvalue weighted by atomic mass is 79.9. The van der Waals surface area contributed by atoms with Crippen LogP contribution in [0.3, 0.4) is 0 Å². The third-order valence-corrected chi connectivity index (χ3v) is 3.00. The van der Waals surface area contributed by atoms with Gasteiger partial charge in [-0.25, -0.2) is 4.79 Å². The minimum Gasteiger partial charge on any atom is -0.462 e. The number of hydrogen-bond donors (Lipinski definition) is 0. The fourth-order valence-corrected chi connectivity index (χ4v) is 1.91. The summed E-state index contributed by atoms with van der Waals surface area (Å²) >= 11 is 3.39. The van der Waals surface area contributed by atoms with Crippen LogP contribution in [0.5, 0.6) is 0 Å². The molecule has 1 heterocycles. The van der Waals surface area contributed by atoms with Crippen molar-refractivity contribution in [3.8, 4) is 11.1 Å². The van der Waals surface area contributed by atoms with Crippen LogP contribution in [0.15, 0.2) is 47.2 Å². The topological polar surface area (TPSA) is 39.2 Å². The molecule has 0 bridgehead atoms. The molecule has 92 valence electrons. The van der Waals surface area contributed by atoms with Crippen LogP contribution in [0.4, 0.5) is 0 Å². The number of ether oxygens (including phenoxy) is 1. The Morgan fingerprint density at radius 2 is 2.00 bits per heavy atom. The van der Waals surface area contributed by atoms with Gasteiger partial charge in [-0.1, -0.05) is 28.1 Å². The molecule has 0 saturated carbocycles. The first-order valence-corrected chi connectivity index (χ1v) is 6.38. The van der Waals surface area contributed by atoms with Crippen LogP contribution >= 0.6 is 15.9 Å². The molecule has 3 nitrogen and oxygen atoms in total. The number of benzene rings is 1. The standard InChI is InChI=1S/C14H12BrNO2/c1-2-18-14(17)13-9-16-8-7-12(13)10-3-5-11(15)6-4-10/h3-9H,2H2,1H3. The highest BCUT2D eigenvalue weighted by Crippen LogP contribution is 2.25. The molecule has 0 fully saturated rings. The van der Waals surface area contributed by atoms with Gasteiger partial charge in [-0.2, -0.15) is 0 Å². The number of esters is 1. The van der Waals surface area contributed by atoms with Crippen LogP contribution < -0.4 is 0 Å². The fourth-order valence-electron chi connectivity index (χ4n) is 1.65. The van der Waals surface area contributed by atoms with Crippen molar-refractivity contribution < 1.29 is 9.53 Å². The molecule has 4 heteroatoms. The Balaban J connectivity index is 2.44. The van der Waals surface area contributed by atoms with Crippen molar-refractivity contribution in [3.05, 3.63) is 52.8 Å². The highest BCUT2D eigenvalue weighted by Gasteiger charge is 2.13. The third-order valence-electron chi connectivity index (χ3n) is 2.47. The molecule has 0 saturated heterocycles. The summed E-state index contributed by atoms with van der Waals surface area (Å²) in [6.45, 7) is 2.14. The Labute approximate surface area is 114 Å². The second-order valence-electron chi connectivity index (χ2n) is 3.65. The van der Waals surface area contributed by atoms with Crippen molar-refractivity contribution >= 4 is 21.9 Å². The molecule has 18 heavy (non-hydrogen) atoms. The van der Waals surface area contributed by atoms with Gasteiger partial charge in [-0.05, 0) is 36.2 Å². The Morgan fingerprint density at radius 1 is 1.28 bits per heavy atom. The summed E-state index contributed by atoms with van der Waals surface area (Å²) < 4.78 is 6.02. The van der Waals surface area contributed by atoms with Gasteiger partial charge >= 0.3 is 5.97 Å². The molecule has 0 aliphatic rings. The zero-order valence-corrected chi connectivity index (χ0v) is 11.5. The lowest BCUT2D eigenvalue weighted by molar-refractivity contribution is 0.0527. The van der Waals surface area contributed by atoms with E-state index in [0.717, 1.165) is 15.6 Å². The molecule has 0 radical (unpaired) electrons. The van der Waals surface area contributed by atoms with Crippen molar-refractivity contribution in [2.75, 3.05) is 6.61 Å². The fraction of sp³-hybridized carbons (Fsp3) is 0.143. The number of rotatable bonds is 3. The number of carbonyl (C=O) groups is 1. The van der Waals surface area contributed by atoms with Gasteiger partial charge in [0.15, 0.2) is 0 Å². The number of pyridine rings is 1. The molecule has 0 unspecified atom stereocenters. The first kappa shape index (κ1) is 12.8. The van der Waals surface area contributed by atoms with Crippen molar-refractivity contribution in [3.63, 3.8) is 0 Å². The molecule has 2 aromatic rings. The van der Waals surface area contributed by atoms with Crippen molar-refractivity contribution in [2.24, 2.45) is 0 Å². The molecule has 0 aliphatic heterocycles. The van der Waals surface area contributed by atoms with E-state index in [1.165, 1.54) is 6.20 Å². The van der Waals surface area contributed by atoms with E-state index in [4.69, 9.17) is 4.74 Å². The van der Waals surface area contributed by atoms with Gasteiger partial charge < -0.3 is 4.74 Å². The van der Waals surface area contributed by atoms with Crippen LogP contribution in [0.25, 0.3) is 11.1 Å². The zero-order valence-electron chi connectivity index (χ0n) is 9.89. The molecule has 1 aromatic carbocycles. The molecular formula is C14H12BrNO2. The molecule has 0 N–H and O–H groups in total. The van der Waals surface area contributed by atoms with Gasteiger partial charge in [0.25, 0.3) is 0 Å². The maximum Gasteiger partial charge on any atom is 0.340 e.